The SMILES string of the molecule is CSC1CCC(NC2CCCC2C2CCCN2)CC1. The lowest BCUT2D eigenvalue weighted by Gasteiger charge is -2.34. The standard InChI is InChI=1S/C16H30N2S/c1-19-13-9-7-12(8-10-13)18-16-5-2-4-14(16)15-6-3-11-17-15/h12-18H,2-11H2,1H3. The Labute approximate surface area is 122 Å². The third-order valence-corrected chi connectivity index (χ3v) is 6.78. The Bertz CT molecular complexity index is 270. The van der Waals surface area contributed by atoms with Gasteiger partial charge in [-0.15, -0.1) is 0 Å². The number of thioether (sulfide) groups is 1. The summed E-state index contributed by atoms with van der Waals surface area (Å²) in [5, 5.41) is 8.72. The molecule has 3 aliphatic rings. The van der Waals surface area contributed by atoms with Gasteiger partial charge in [-0.2, -0.15) is 11.8 Å². The van der Waals surface area contributed by atoms with Crippen molar-refractivity contribution < 1.29 is 0 Å². The van der Waals surface area contributed by atoms with Crippen molar-refractivity contribution in [3.8, 4) is 0 Å². The highest BCUT2D eigenvalue weighted by Crippen LogP contribution is 2.34. The minimum atomic E-state index is 0.812. The summed E-state index contributed by atoms with van der Waals surface area (Å²) in [6.45, 7) is 1.26. The van der Waals surface area contributed by atoms with Crippen LogP contribution in [0.25, 0.3) is 0 Å². The van der Waals surface area contributed by atoms with E-state index in [2.05, 4.69) is 28.7 Å². The van der Waals surface area contributed by atoms with Gasteiger partial charge >= 0.3 is 0 Å². The van der Waals surface area contributed by atoms with Crippen molar-refractivity contribution in [2.24, 2.45) is 5.92 Å². The van der Waals surface area contributed by atoms with Crippen molar-refractivity contribution in [3.63, 3.8) is 0 Å². The van der Waals surface area contributed by atoms with E-state index in [1.807, 2.05) is 0 Å². The Balaban J connectivity index is 1.48. The summed E-state index contributed by atoms with van der Waals surface area (Å²) < 4.78 is 0. The first-order valence-electron chi connectivity index (χ1n) is 8.39. The summed E-state index contributed by atoms with van der Waals surface area (Å²) in [4.78, 5) is 0. The Morgan fingerprint density at radius 1 is 0.947 bits per heavy atom. The molecule has 1 saturated heterocycles. The molecule has 0 aromatic heterocycles. The molecule has 0 radical (unpaired) electrons. The van der Waals surface area contributed by atoms with Gasteiger partial charge in [0.2, 0.25) is 0 Å². The molecule has 0 bridgehead atoms. The topological polar surface area (TPSA) is 24.1 Å². The van der Waals surface area contributed by atoms with Crippen LogP contribution in [-0.2, 0) is 0 Å². The van der Waals surface area contributed by atoms with E-state index >= 15 is 0 Å². The maximum Gasteiger partial charge on any atom is 0.0113 e. The fourth-order valence-corrected chi connectivity index (χ4v) is 5.27. The van der Waals surface area contributed by atoms with Gasteiger partial charge < -0.3 is 10.6 Å². The van der Waals surface area contributed by atoms with Crippen molar-refractivity contribution >= 4 is 11.8 Å². The third kappa shape index (κ3) is 3.48. The fraction of sp³-hybridized carbons (Fsp3) is 1.00. The second kappa shape index (κ2) is 6.82. The van der Waals surface area contributed by atoms with Crippen LogP contribution in [0.15, 0.2) is 0 Å². The molecule has 0 spiro atoms. The molecule has 3 heteroatoms. The first-order valence-corrected chi connectivity index (χ1v) is 9.68. The van der Waals surface area contributed by atoms with E-state index in [1.165, 1.54) is 64.3 Å². The van der Waals surface area contributed by atoms with E-state index in [1.54, 1.807) is 0 Å². The van der Waals surface area contributed by atoms with Crippen LogP contribution in [0.5, 0.6) is 0 Å². The Kier molecular flexibility index (Phi) is 5.10. The molecule has 3 atom stereocenters. The maximum atomic E-state index is 4.04. The first-order chi connectivity index (χ1) is 9.36. The average molecular weight is 282 g/mol. The normalized spacial score (nSPS) is 43.7. The summed E-state index contributed by atoms with van der Waals surface area (Å²) in [6, 6.07) is 2.45. The molecule has 0 aromatic carbocycles. The summed E-state index contributed by atoms with van der Waals surface area (Å²) in [6.07, 6.45) is 15.1. The van der Waals surface area contributed by atoms with E-state index in [4.69, 9.17) is 0 Å². The van der Waals surface area contributed by atoms with Crippen LogP contribution in [0.4, 0.5) is 0 Å². The molecule has 2 aliphatic carbocycles. The highest BCUT2D eigenvalue weighted by atomic mass is 32.2. The summed E-state index contributed by atoms with van der Waals surface area (Å²) in [5.41, 5.74) is 0. The van der Waals surface area contributed by atoms with Gasteiger partial charge in [0.1, 0.15) is 0 Å². The Morgan fingerprint density at radius 2 is 1.79 bits per heavy atom. The quantitative estimate of drug-likeness (QED) is 0.828. The van der Waals surface area contributed by atoms with E-state index in [-0.39, 0.29) is 0 Å². The smallest absolute Gasteiger partial charge is 0.0113 e. The molecule has 2 N–H and O–H groups in total. The molecule has 110 valence electrons. The summed E-state index contributed by atoms with van der Waals surface area (Å²) in [5.74, 6) is 0.917. The predicted molar refractivity (Wildman–Crippen MR) is 84.8 cm³/mol. The molecule has 2 nitrogen and oxygen atoms in total. The van der Waals surface area contributed by atoms with Crippen LogP contribution < -0.4 is 10.6 Å². The Morgan fingerprint density at radius 3 is 2.47 bits per heavy atom. The van der Waals surface area contributed by atoms with Crippen LogP contribution in [0, 0.1) is 5.92 Å². The minimum Gasteiger partial charge on any atom is -0.314 e. The van der Waals surface area contributed by atoms with E-state index < -0.39 is 0 Å². The van der Waals surface area contributed by atoms with Crippen LogP contribution in [0.2, 0.25) is 0 Å². The highest BCUT2D eigenvalue weighted by molar-refractivity contribution is 7.99. The van der Waals surface area contributed by atoms with Crippen molar-refractivity contribution in [2.75, 3.05) is 12.8 Å². The van der Waals surface area contributed by atoms with Gasteiger partial charge in [-0.1, -0.05) is 6.42 Å². The number of rotatable bonds is 4. The first kappa shape index (κ1) is 14.2. The van der Waals surface area contributed by atoms with Crippen molar-refractivity contribution in [2.45, 2.75) is 81.2 Å². The van der Waals surface area contributed by atoms with Gasteiger partial charge in [-0.05, 0) is 70.1 Å². The predicted octanol–water partition coefficient (Wildman–Crippen LogP) is 3.17. The number of hydrogen-bond donors (Lipinski definition) is 2. The average Bonchev–Trinajstić information content (AvgIpc) is 3.10. The zero-order valence-electron chi connectivity index (χ0n) is 12.4. The summed E-state index contributed by atoms with van der Waals surface area (Å²) in [7, 11) is 0. The van der Waals surface area contributed by atoms with Gasteiger partial charge in [-0.25, -0.2) is 0 Å². The molecule has 1 aliphatic heterocycles. The zero-order chi connectivity index (χ0) is 13.1. The van der Waals surface area contributed by atoms with Gasteiger partial charge in [-0.3, -0.25) is 0 Å². The van der Waals surface area contributed by atoms with Crippen LogP contribution in [-0.4, -0.2) is 36.2 Å². The van der Waals surface area contributed by atoms with Crippen molar-refractivity contribution in [1.82, 2.24) is 10.6 Å². The lowest BCUT2D eigenvalue weighted by Crippen LogP contribution is -2.47. The molecular weight excluding hydrogens is 252 g/mol. The lowest BCUT2D eigenvalue weighted by atomic mass is 9.90. The van der Waals surface area contributed by atoms with Crippen molar-refractivity contribution in [1.29, 1.82) is 0 Å². The van der Waals surface area contributed by atoms with Gasteiger partial charge in [0, 0.05) is 23.4 Å². The molecule has 2 saturated carbocycles. The molecule has 1 heterocycles. The third-order valence-electron chi connectivity index (χ3n) is 5.64. The molecular formula is C16H30N2S. The fourth-order valence-electron chi connectivity index (χ4n) is 4.52. The van der Waals surface area contributed by atoms with Gasteiger partial charge in [0.05, 0.1) is 0 Å². The number of hydrogen-bond acceptors (Lipinski definition) is 3. The Hall–Kier alpha value is 0.270. The molecule has 3 rings (SSSR count). The highest BCUT2D eigenvalue weighted by Gasteiger charge is 2.36. The van der Waals surface area contributed by atoms with Crippen molar-refractivity contribution in [3.05, 3.63) is 0 Å². The van der Waals surface area contributed by atoms with Crippen LogP contribution >= 0.6 is 11.8 Å². The van der Waals surface area contributed by atoms with Crippen LogP contribution in [0.1, 0.15) is 57.8 Å². The van der Waals surface area contributed by atoms with E-state index in [9.17, 15) is 0 Å². The molecule has 0 aromatic rings. The second-order valence-electron chi connectivity index (χ2n) is 6.78. The van der Waals surface area contributed by atoms with Gasteiger partial charge in [0.15, 0.2) is 0 Å². The summed E-state index contributed by atoms with van der Waals surface area (Å²) >= 11 is 2.07. The minimum absolute atomic E-state index is 0.812. The van der Waals surface area contributed by atoms with Crippen LogP contribution in [0.3, 0.4) is 0 Å². The number of nitrogens with one attached hydrogen (secondary N) is 2. The molecule has 0 amide bonds. The second-order valence-corrected chi connectivity index (χ2v) is 7.92. The maximum absolute atomic E-state index is 4.04. The zero-order valence-corrected chi connectivity index (χ0v) is 13.2. The largest absolute Gasteiger partial charge is 0.314 e. The van der Waals surface area contributed by atoms with E-state index in [0.717, 1.165) is 29.3 Å². The van der Waals surface area contributed by atoms with E-state index in [0.29, 0.717) is 0 Å². The van der Waals surface area contributed by atoms with Gasteiger partial charge in [0.25, 0.3) is 0 Å². The molecule has 19 heavy (non-hydrogen) atoms. The molecule has 3 unspecified atom stereocenters. The molecule has 3 fully saturated rings. The lowest BCUT2D eigenvalue weighted by molar-refractivity contribution is 0.269. The monoisotopic (exact) mass is 282 g/mol.